The number of benzene rings is 2. The third kappa shape index (κ3) is 5.90. The Morgan fingerprint density at radius 2 is 1.90 bits per heavy atom. The molecule has 0 fully saturated rings. The Morgan fingerprint density at radius 1 is 1.10 bits per heavy atom. The van der Waals surface area contributed by atoms with Crippen LogP contribution >= 0.6 is 15.9 Å². The van der Waals surface area contributed by atoms with Crippen LogP contribution in [0.15, 0.2) is 59.1 Å². The molecule has 0 saturated carbocycles. The lowest BCUT2D eigenvalue weighted by molar-refractivity contribution is 0.285. The summed E-state index contributed by atoms with van der Waals surface area (Å²) >= 11 is 3.53. The van der Waals surface area contributed by atoms with Gasteiger partial charge < -0.3 is 10.1 Å². The first-order valence-electron chi connectivity index (χ1n) is 7.43. The van der Waals surface area contributed by atoms with Crippen molar-refractivity contribution in [1.82, 2.24) is 5.32 Å². The molecule has 21 heavy (non-hydrogen) atoms. The van der Waals surface area contributed by atoms with Crippen molar-refractivity contribution in [2.45, 2.75) is 25.8 Å². The maximum atomic E-state index is 5.79. The Hall–Kier alpha value is -1.32. The van der Waals surface area contributed by atoms with E-state index in [-0.39, 0.29) is 0 Å². The summed E-state index contributed by atoms with van der Waals surface area (Å²) in [6, 6.07) is 18.9. The summed E-state index contributed by atoms with van der Waals surface area (Å²) in [5.41, 5.74) is 1.34. The molecule has 1 unspecified atom stereocenters. The minimum atomic E-state index is 0.438. The third-order valence-corrected chi connectivity index (χ3v) is 3.84. The SMILES string of the molecule is CCNC(CCOc1ccccc1)Cc1cccc(Br)c1. The van der Waals surface area contributed by atoms with Crippen LogP contribution in [0.1, 0.15) is 18.9 Å². The molecule has 3 heteroatoms. The quantitative estimate of drug-likeness (QED) is 0.762. The normalized spacial score (nSPS) is 12.1. The second-order valence-corrected chi connectivity index (χ2v) is 5.95. The molecule has 0 aliphatic heterocycles. The number of para-hydroxylation sites is 1. The molecule has 0 spiro atoms. The molecule has 0 heterocycles. The number of nitrogens with one attached hydrogen (secondary N) is 1. The minimum Gasteiger partial charge on any atom is -0.494 e. The summed E-state index contributed by atoms with van der Waals surface area (Å²) in [6.45, 7) is 3.85. The molecule has 0 saturated heterocycles. The van der Waals surface area contributed by atoms with Gasteiger partial charge in [-0.2, -0.15) is 0 Å². The van der Waals surface area contributed by atoms with Crippen molar-refractivity contribution in [3.63, 3.8) is 0 Å². The van der Waals surface area contributed by atoms with Gasteiger partial charge in [-0.15, -0.1) is 0 Å². The van der Waals surface area contributed by atoms with E-state index in [2.05, 4.69) is 52.4 Å². The number of rotatable bonds is 8. The van der Waals surface area contributed by atoms with Gasteiger partial charge in [0.15, 0.2) is 0 Å². The molecule has 2 nitrogen and oxygen atoms in total. The predicted octanol–water partition coefficient (Wildman–Crippen LogP) is 4.44. The maximum Gasteiger partial charge on any atom is 0.119 e. The highest BCUT2D eigenvalue weighted by molar-refractivity contribution is 9.10. The van der Waals surface area contributed by atoms with E-state index in [9.17, 15) is 0 Å². The van der Waals surface area contributed by atoms with Crippen LogP contribution in [0.4, 0.5) is 0 Å². The molecule has 2 rings (SSSR count). The molecule has 1 atom stereocenters. The Kier molecular flexibility index (Phi) is 6.77. The van der Waals surface area contributed by atoms with Gasteiger partial charge in [-0.3, -0.25) is 0 Å². The van der Waals surface area contributed by atoms with Crippen LogP contribution < -0.4 is 10.1 Å². The molecule has 2 aromatic carbocycles. The van der Waals surface area contributed by atoms with Crippen molar-refractivity contribution >= 4 is 15.9 Å². The van der Waals surface area contributed by atoms with Crippen LogP contribution in [0.3, 0.4) is 0 Å². The lowest BCUT2D eigenvalue weighted by atomic mass is 10.0. The first-order valence-corrected chi connectivity index (χ1v) is 8.23. The molecule has 0 aliphatic rings. The van der Waals surface area contributed by atoms with Gasteiger partial charge in [-0.25, -0.2) is 0 Å². The smallest absolute Gasteiger partial charge is 0.119 e. The number of halogens is 1. The Labute approximate surface area is 135 Å². The Bertz CT molecular complexity index is 530. The number of ether oxygens (including phenoxy) is 1. The van der Waals surface area contributed by atoms with Gasteiger partial charge in [-0.05, 0) is 49.2 Å². The van der Waals surface area contributed by atoms with Crippen molar-refractivity contribution in [2.75, 3.05) is 13.2 Å². The highest BCUT2D eigenvalue weighted by atomic mass is 79.9. The van der Waals surface area contributed by atoms with Gasteiger partial charge in [0.1, 0.15) is 5.75 Å². The summed E-state index contributed by atoms with van der Waals surface area (Å²) in [7, 11) is 0. The largest absolute Gasteiger partial charge is 0.494 e. The average Bonchev–Trinajstić information content (AvgIpc) is 2.48. The maximum absolute atomic E-state index is 5.79. The molecule has 1 N–H and O–H groups in total. The Morgan fingerprint density at radius 3 is 2.62 bits per heavy atom. The van der Waals surface area contributed by atoms with E-state index in [1.807, 2.05) is 30.3 Å². The zero-order valence-corrected chi connectivity index (χ0v) is 14.0. The third-order valence-electron chi connectivity index (χ3n) is 3.34. The molecule has 112 valence electrons. The fourth-order valence-corrected chi connectivity index (χ4v) is 2.80. The van der Waals surface area contributed by atoms with Gasteiger partial charge in [0.25, 0.3) is 0 Å². The lowest BCUT2D eigenvalue weighted by Gasteiger charge is -2.18. The van der Waals surface area contributed by atoms with Crippen molar-refractivity contribution in [3.05, 3.63) is 64.6 Å². The van der Waals surface area contributed by atoms with Crippen LogP contribution in [0.5, 0.6) is 5.75 Å². The van der Waals surface area contributed by atoms with Gasteiger partial charge in [0, 0.05) is 10.5 Å². The summed E-state index contributed by atoms with van der Waals surface area (Å²) in [5.74, 6) is 0.940. The highest BCUT2D eigenvalue weighted by Gasteiger charge is 2.09. The fourth-order valence-electron chi connectivity index (χ4n) is 2.35. The topological polar surface area (TPSA) is 21.3 Å². The molecule has 0 radical (unpaired) electrons. The van der Waals surface area contributed by atoms with Crippen LogP contribution in [-0.2, 0) is 6.42 Å². The van der Waals surface area contributed by atoms with E-state index in [0.29, 0.717) is 6.04 Å². The zero-order chi connectivity index (χ0) is 14.9. The van der Waals surface area contributed by atoms with Crippen molar-refractivity contribution in [2.24, 2.45) is 0 Å². The van der Waals surface area contributed by atoms with E-state index in [0.717, 1.165) is 36.2 Å². The summed E-state index contributed by atoms with van der Waals surface area (Å²) < 4.78 is 6.93. The van der Waals surface area contributed by atoms with Gasteiger partial charge in [0.2, 0.25) is 0 Å². The predicted molar refractivity (Wildman–Crippen MR) is 91.9 cm³/mol. The van der Waals surface area contributed by atoms with Gasteiger partial charge in [0.05, 0.1) is 6.61 Å². The monoisotopic (exact) mass is 347 g/mol. The van der Waals surface area contributed by atoms with E-state index in [4.69, 9.17) is 4.74 Å². The highest BCUT2D eigenvalue weighted by Crippen LogP contribution is 2.15. The molecule has 0 bridgehead atoms. The minimum absolute atomic E-state index is 0.438. The van der Waals surface area contributed by atoms with Crippen molar-refractivity contribution in [1.29, 1.82) is 0 Å². The zero-order valence-electron chi connectivity index (χ0n) is 12.4. The Balaban J connectivity index is 1.84. The molecule has 0 aromatic heterocycles. The average molecular weight is 348 g/mol. The van der Waals surface area contributed by atoms with Crippen molar-refractivity contribution < 1.29 is 4.74 Å². The first-order chi connectivity index (χ1) is 10.3. The molecule has 0 aliphatic carbocycles. The van der Waals surface area contributed by atoms with Gasteiger partial charge >= 0.3 is 0 Å². The van der Waals surface area contributed by atoms with E-state index < -0.39 is 0 Å². The van der Waals surface area contributed by atoms with Crippen molar-refractivity contribution in [3.8, 4) is 5.75 Å². The molecular weight excluding hydrogens is 326 g/mol. The van der Waals surface area contributed by atoms with E-state index >= 15 is 0 Å². The fraction of sp³-hybridized carbons (Fsp3) is 0.333. The van der Waals surface area contributed by atoms with E-state index in [1.54, 1.807) is 0 Å². The van der Waals surface area contributed by atoms with Crippen LogP contribution in [0, 0.1) is 0 Å². The number of hydrogen-bond acceptors (Lipinski definition) is 2. The second kappa shape index (κ2) is 8.85. The standard InChI is InChI=1S/C18H22BrNO/c1-2-20-17(14-15-7-6-8-16(19)13-15)11-12-21-18-9-4-3-5-10-18/h3-10,13,17,20H,2,11-12,14H2,1H3. The molecule has 0 amide bonds. The van der Waals surface area contributed by atoms with Gasteiger partial charge in [-0.1, -0.05) is 53.2 Å². The number of hydrogen-bond donors (Lipinski definition) is 1. The number of likely N-dealkylation sites (N-methyl/N-ethyl adjacent to an activating group) is 1. The van der Waals surface area contributed by atoms with E-state index in [1.165, 1.54) is 5.56 Å². The van der Waals surface area contributed by atoms with Crippen LogP contribution in [0.25, 0.3) is 0 Å². The molecule has 2 aromatic rings. The molecular formula is C18H22BrNO. The first kappa shape index (κ1) is 16.1. The van der Waals surface area contributed by atoms with Crippen LogP contribution in [-0.4, -0.2) is 19.2 Å². The second-order valence-electron chi connectivity index (χ2n) is 5.04. The summed E-state index contributed by atoms with van der Waals surface area (Å²) in [4.78, 5) is 0. The van der Waals surface area contributed by atoms with Crippen LogP contribution in [0.2, 0.25) is 0 Å². The lowest BCUT2D eigenvalue weighted by Crippen LogP contribution is -2.32. The summed E-state index contributed by atoms with van der Waals surface area (Å²) in [5, 5.41) is 3.54. The summed E-state index contributed by atoms with van der Waals surface area (Å²) in [6.07, 6.45) is 2.01.